The van der Waals surface area contributed by atoms with Crippen LogP contribution in [0.5, 0.6) is 0 Å². The van der Waals surface area contributed by atoms with Gasteiger partial charge in [0.25, 0.3) is 0 Å². The van der Waals surface area contributed by atoms with E-state index in [1.54, 1.807) is 11.1 Å². The Kier molecular flexibility index (Phi) is 11.4. The fraction of sp³-hybridized carbons (Fsp3) is 0.571. The molecule has 4 atom stereocenters. The summed E-state index contributed by atoms with van der Waals surface area (Å²) >= 11 is 0. The molecular weight excluding hydrogens is 713 g/mol. The SMILES string of the molecule is COC(=O)N[C@H](C(=O)N1CCC[C@@H]1c1ncc(C#Cc2ccc(-c3cnc([C@@H]4CCCN4C(=O)[C@@H](NC(=O)OC)C(C)C)[nH]3)c3c2C2CCC3CC2)[nH]1)C(C)C. The largest absolute Gasteiger partial charge is 0.453 e. The van der Waals surface area contributed by atoms with Crippen LogP contribution in [0.4, 0.5) is 9.59 Å². The third kappa shape index (κ3) is 7.60. The van der Waals surface area contributed by atoms with Crippen LogP contribution in [-0.2, 0) is 19.1 Å². The Bertz CT molecular complexity index is 2020. The number of carbonyl (C=O) groups is 4. The first-order valence-corrected chi connectivity index (χ1v) is 20.1. The Morgan fingerprint density at radius 2 is 1.23 bits per heavy atom. The first-order valence-electron chi connectivity index (χ1n) is 20.1. The lowest BCUT2D eigenvalue weighted by Crippen LogP contribution is -2.51. The van der Waals surface area contributed by atoms with Crippen LogP contribution in [0, 0.1) is 23.7 Å². The quantitative estimate of drug-likeness (QED) is 0.191. The molecule has 4 amide bonds. The number of rotatable bonds is 9. The number of hydrogen-bond donors (Lipinski definition) is 4. The summed E-state index contributed by atoms with van der Waals surface area (Å²) in [6.45, 7) is 8.81. The molecule has 2 bridgehead atoms. The number of nitrogens with zero attached hydrogens (tertiary/aromatic N) is 4. The van der Waals surface area contributed by atoms with E-state index in [2.05, 4.69) is 49.6 Å². The summed E-state index contributed by atoms with van der Waals surface area (Å²) in [4.78, 5) is 71.5. The number of ether oxygens (including phenoxy) is 2. The fourth-order valence-electron chi connectivity index (χ4n) is 9.26. The van der Waals surface area contributed by atoms with E-state index < -0.39 is 24.3 Å². The zero-order valence-corrected chi connectivity index (χ0v) is 33.2. The van der Waals surface area contributed by atoms with Crippen molar-refractivity contribution in [3.8, 4) is 23.1 Å². The number of hydrogen-bond acceptors (Lipinski definition) is 8. The highest BCUT2D eigenvalue weighted by molar-refractivity contribution is 5.87. The number of carbonyl (C=O) groups excluding carboxylic acids is 4. The second-order valence-electron chi connectivity index (χ2n) is 16.2. The number of alkyl carbamates (subject to hydrolysis) is 2. The van der Waals surface area contributed by atoms with Crippen LogP contribution < -0.4 is 10.6 Å². The number of imidazole rings is 2. The summed E-state index contributed by atoms with van der Waals surface area (Å²) in [5, 5.41) is 5.43. The highest BCUT2D eigenvalue weighted by Gasteiger charge is 2.40. The lowest BCUT2D eigenvalue weighted by molar-refractivity contribution is -0.136. The van der Waals surface area contributed by atoms with Crippen molar-refractivity contribution < 1.29 is 28.7 Å². The molecule has 4 N–H and O–H groups in total. The van der Waals surface area contributed by atoms with E-state index in [1.165, 1.54) is 25.3 Å². The van der Waals surface area contributed by atoms with Crippen LogP contribution in [0.1, 0.15) is 137 Å². The van der Waals surface area contributed by atoms with E-state index in [9.17, 15) is 19.2 Å². The number of likely N-dealkylation sites (tertiary alicyclic amines) is 2. The van der Waals surface area contributed by atoms with Crippen LogP contribution in [0.25, 0.3) is 11.3 Å². The second-order valence-corrected chi connectivity index (χ2v) is 16.2. The lowest BCUT2D eigenvalue weighted by atomic mass is 9.64. The van der Waals surface area contributed by atoms with Gasteiger partial charge in [0.05, 0.1) is 44.4 Å². The summed E-state index contributed by atoms with van der Waals surface area (Å²) in [7, 11) is 2.59. The van der Waals surface area contributed by atoms with Crippen LogP contribution >= 0.6 is 0 Å². The van der Waals surface area contributed by atoms with Gasteiger partial charge in [-0.2, -0.15) is 0 Å². The maximum atomic E-state index is 13.7. The van der Waals surface area contributed by atoms with Crippen molar-refractivity contribution in [1.82, 2.24) is 40.4 Å². The second kappa shape index (κ2) is 16.4. The van der Waals surface area contributed by atoms with Gasteiger partial charge in [-0.05, 0) is 98.2 Å². The predicted molar refractivity (Wildman–Crippen MR) is 208 cm³/mol. The molecule has 2 aliphatic heterocycles. The Morgan fingerprint density at radius 1 is 0.714 bits per heavy atom. The van der Waals surface area contributed by atoms with Crippen molar-refractivity contribution >= 4 is 24.0 Å². The number of aromatic amines is 2. The molecule has 14 nitrogen and oxygen atoms in total. The van der Waals surface area contributed by atoms with Gasteiger partial charge in [-0.15, -0.1) is 0 Å². The fourth-order valence-corrected chi connectivity index (χ4v) is 9.26. The molecule has 298 valence electrons. The molecular formula is C42H54N8O6. The van der Waals surface area contributed by atoms with Gasteiger partial charge in [0, 0.05) is 24.2 Å². The first-order chi connectivity index (χ1) is 27.0. The number of aromatic nitrogens is 4. The van der Waals surface area contributed by atoms with E-state index in [1.807, 2.05) is 38.8 Å². The zero-order chi connectivity index (χ0) is 39.7. The van der Waals surface area contributed by atoms with E-state index >= 15 is 0 Å². The monoisotopic (exact) mass is 766 g/mol. The number of fused-ring (bicyclic) bond motifs is 2. The molecule has 4 heterocycles. The third-order valence-electron chi connectivity index (χ3n) is 12.1. The number of methoxy groups -OCH3 is 2. The van der Waals surface area contributed by atoms with Crippen LogP contribution in [0.15, 0.2) is 24.5 Å². The van der Waals surface area contributed by atoms with Crippen molar-refractivity contribution in [3.05, 3.63) is 58.6 Å². The van der Waals surface area contributed by atoms with Crippen LogP contribution in [-0.4, -0.2) is 93.1 Å². The minimum absolute atomic E-state index is 0.108. The van der Waals surface area contributed by atoms with Gasteiger partial charge in [0.1, 0.15) is 29.4 Å². The summed E-state index contributed by atoms with van der Waals surface area (Å²) in [5.74, 6) is 8.64. The molecule has 5 aliphatic rings. The van der Waals surface area contributed by atoms with Gasteiger partial charge >= 0.3 is 12.2 Å². The number of H-pyrrole nitrogens is 2. The van der Waals surface area contributed by atoms with Gasteiger partial charge in [0.2, 0.25) is 11.8 Å². The molecule has 2 saturated heterocycles. The third-order valence-corrected chi connectivity index (χ3v) is 12.1. The van der Waals surface area contributed by atoms with Crippen molar-refractivity contribution in [2.45, 2.75) is 115 Å². The molecule has 3 fully saturated rings. The highest BCUT2D eigenvalue weighted by Crippen LogP contribution is 2.53. The molecule has 1 aromatic carbocycles. The van der Waals surface area contributed by atoms with Crippen LogP contribution in [0.2, 0.25) is 0 Å². The van der Waals surface area contributed by atoms with Crippen molar-refractivity contribution in [2.24, 2.45) is 11.8 Å². The Morgan fingerprint density at radius 3 is 1.77 bits per heavy atom. The molecule has 14 heteroatoms. The number of nitrogens with one attached hydrogen (secondary N) is 4. The maximum Gasteiger partial charge on any atom is 0.407 e. The molecule has 0 spiro atoms. The van der Waals surface area contributed by atoms with Crippen LogP contribution in [0.3, 0.4) is 0 Å². The predicted octanol–water partition coefficient (Wildman–Crippen LogP) is 6.04. The van der Waals surface area contributed by atoms with E-state index in [0.29, 0.717) is 36.4 Å². The van der Waals surface area contributed by atoms with Crippen molar-refractivity contribution in [1.29, 1.82) is 0 Å². The van der Waals surface area contributed by atoms with Gasteiger partial charge in [-0.25, -0.2) is 19.6 Å². The average Bonchev–Trinajstić information content (AvgIpc) is 4.04. The van der Waals surface area contributed by atoms with Crippen molar-refractivity contribution in [3.63, 3.8) is 0 Å². The molecule has 0 unspecified atom stereocenters. The molecule has 1 saturated carbocycles. The summed E-state index contributed by atoms with van der Waals surface area (Å²) < 4.78 is 9.57. The molecule has 2 aromatic heterocycles. The Balaban J connectivity index is 1.12. The number of benzene rings is 1. The molecule has 56 heavy (non-hydrogen) atoms. The maximum absolute atomic E-state index is 13.7. The zero-order valence-electron chi connectivity index (χ0n) is 33.2. The van der Waals surface area contributed by atoms with Gasteiger partial charge < -0.3 is 39.9 Å². The summed E-state index contributed by atoms with van der Waals surface area (Å²) in [6.07, 6.45) is 10.2. The minimum Gasteiger partial charge on any atom is -0.453 e. The molecule has 0 radical (unpaired) electrons. The standard InChI is InChI=1S/C42H54N8O6/c1-23(2)35(47-41(53)55-5)39(51)49-19-7-9-31(49)37-43-21-28(45-37)17-15-26-16-18-29(34-27-13-11-25(12-14-27)33(26)34)30-22-44-38(46-30)32-10-8-20-50(32)40(52)36(24(3)4)48-42(54)56-6/h16,18,21-25,27,31-32,35-36H,7-14,19-20H2,1-6H3,(H,43,45)(H,44,46)(H,47,53)(H,48,54)/t25?,27?,31-,32+,35+,36+/m1/s1. The molecule has 8 rings (SSSR count). The molecule has 3 aromatic rings. The summed E-state index contributed by atoms with van der Waals surface area (Å²) in [5.41, 5.74) is 6.45. The Hall–Kier alpha value is -5.32. The van der Waals surface area contributed by atoms with Crippen molar-refractivity contribution in [2.75, 3.05) is 27.3 Å². The topological polar surface area (TPSA) is 175 Å². The van der Waals surface area contributed by atoms with E-state index in [4.69, 9.17) is 14.5 Å². The van der Waals surface area contributed by atoms with Gasteiger partial charge in [-0.3, -0.25) is 9.59 Å². The van der Waals surface area contributed by atoms with E-state index in [-0.39, 0.29) is 35.7 Å². The highest BCUT2D eigenvalue weighted by atomic mass is 16.5. The average molecular weight is 767 g/mol. The number of amides is 4. The lowest BCUT2D eigenvalue weighted by Gasteiger charge is -2.40. The first kappa shape index (κ1) is 38.9. The molecule has 3 aliphatic carbocycles. The smallest absolute Gasteiger partial charge is 0.407 e. The van der Waals surface area contributed by atoms with E-state index in [0.717, 1.165) is 74.0 Å². The summed E-state index contributed by atoms with van der Waals surface area (Å²) in [6, 6.07) is 2.44. The van der Waals surface area contributed by atoms with Gasteiger partial charge in [0.15, 0.2) is 0 Å². The normalized spacial score (nSPS) is 22.4. The Labute approximate surface area is 328 Å². The van der Waals surface area contributed by atoms with Gasteiger partial charge in [-0.1, -0.05) is 39.7 Å². The minimum atomic E-state index is -0.698.